The molecule has 0 N–H and O–H groups in total. The molecular weight excluding hydrogens is 456 g/mol. The molecule has 0 radical (unpaired) electrons. The molecule has 0 saturated heterocycles. The summed E-state index contributed by atoms with van der Waals surface area (Å²) >= 11 is 0. The topological polar surface area (TPSA) is 0 Å². The summed E-state index contributed by atoms with van der Waals surface area (Å²) in [5, 5.41) is 0. The largest absolute Gasteiger partial charge is 0.0654 e. The highest BCUT2D eigenvalue weighted by atomic mass is 14.6. The number of unbranched alkanes of at least 4 members (excludes halogenated alkanes) is 2. The van der Waals surface area contributed by atoms with Crippen molar-refractivity contribution >= 4 is 0 Å². The molecular formula is C38H66. The summed E-state index contributed by atoms with van der Waals surface area (Å²) in [5.41, 5.74) is 0.752. The summed E-state index contributed by atoms with van der Waals surface area (Å²) in [6.07, 6.45) is 36.3. The van der Waals surface area contributed by atoms with Gasteiger partial charge in [-0.25, -0.2) is 0 Å². The third-order valence-corrected chi connectivity index (χ3v) is 14.9. The zero-order chi connectivity index (χ0) is 26.1. The first-order chi connectivity index (χ1) is 18.7. The van der Waals surface area contributed by atoms with E-state index in [1.807, 2.05) is 0 Å². The highest BCUT2D eigenvalue weighted by molar-refractivity contribution is 5.06. The van der Waals surface area contributed by atoms with Crippen LogP contribution in [0.5, 0.6) is 0 Å². The lowest BCUT2D eigenvalue weighted by molar-refractivity contribution is 0.0349. The fourth-order valence-corrected chi connectivity index (χ4v) is 13.2. The average Bonchev–Trinajstić information content (AvgIpc) is 3.63. The predicted octanol–water partition coefficient (Wildman–Crippen LogP) is 11.9. The number of fused-ring (bicyclic) bond motifs is 2. The Morgan fingerprint density at radius 1 is 0.526 bits per heavy atom. The van der Waals surface area contributed by atoms with Crippen LogP contribution in [0.15, 0.2) is 0 Å². The maximum absolute atomic E-state index is 2.48. The predicted molar refractivity (Wildman–Crippen MR) is 164 cm³/mol. The second-order valence-corrected chi connectivity index (χ2v) is 16.4. The highest BCUT2D eigenvalue weighted by Gasteiger charge is 2.56. The SMILES string of the molecule is CCCCC1CCC2C[C@H]3CCC(CCCC)C34CCCC3CC[C@@H](CC5CCC(CCC)C5C[C@@H]12)C3C4. The summed E-state index contributed by atoms with van der Waals surface area (Å²) < 4.78 is 0. The summed E-state index contributed by atoms with van der Waals surface area (Å²) in [6.45, 7) is 7.37. The Balaban J connectivity index is 1.34. The molecule has 9 unspecified atom stereocenters. The van der Waals surface area contributed by atoms with Gasteiger partial charge in [0.2, 0.25) is 0 Å². The summed E-state index contributed by atoms with van der Waals surface area (Å²) in [5.74, 6) is 12.0. The van der Waals surface area contributed by atoms with Gasteiger partial charge < -0.3 is 0 Å². The fourth-order valence-electron chi connectivity index (χ4n) is 13.2. The third-order valence-electron chi connectivity index (χ3n) is 14.9. The molecule has 38 heavy (non-hydrogen) atoms. The van der Waals surface area contributed by atoms with Crippen molar-refractivity contribution in [2.24, 2.45) is 70.5 Å². The molecule has 2 bridgehead atoms. The molecule has 0 aromatic rings. The van der Waals surface area contributed by atoms with E-state index in [0.29, 0.717) is 0 Å². The molecule has 6 rings (SSSR count). The van der Waals surface area contributed by atoms with E-state index >= 15 is 0 Å². The van der Waals surface area contributed by atoms with Crippen molar-refractivity contribution in [3.63, 3.8) is 0 Å². The number of rotatable bonds is 8. The molecule has 0 aromatic carbocycles. The van der Waals surface area contributed by atoms with Gasteiger partial charge in [0, 0.05) is 0 Å². The van der Waals surface area contributed by atoms with Crippen LogP contribution in [-0.4, -0.2) is 0 Å². The van der Waals surface area contributed by atoms with Crippen LogP contribution in [0.1, 0.15) is 168 Å². The lowest BCUT2D eigenvalue weighted by atomic mass is 9.59. The summed E-state index contributed by atoms with van der Waals surface area (Å²) in [4.78, 5) is 0. The molecule has 6 saturated carbocycles. The standard InChI is InChI=1S/C38H66/c1-4-7-11-28-15-19-32-24-34-21-20-33(13-8-5-2)38(34)22-9-12-29-16-18-31(37(29)26-38)23-30-17-14-27(10-6-3)35(30)25-36(28)32/h27-37H,4-26H2,1-3H3/t27?,28?,29?,30?,31-,32?,33?,34+,35?,36-,37?,38?/m0/s1. The van der Waals surface area contributed by atoms with E-state index in [9.17, 15) is 0 Å². The monoisotopic (exact) mass is 523 g/mol. The zero-order valence-electron chi connectivity index (χ0n) is 26.1. The summed E-state index contributed by atoms with van der Waals surface area (Å²) in [6, 6.07) is 0. The van der Waals surface area contributed by atoms with Crippen LogP contribution < -0.4 is 0 Å². The molecule has 6 aliphatic carbocycles. The van der Waals surface area contributed by atoms with Crippen molar-refractivity contribution in [3.8, 4) is 0 Å². The van der Waals surface area contributed by atoms with Crippen LogP contribution in [0.4, 0.5) is 0 Å². The van der Waals surface area contributed by atoms with Gasteiger partial charge in [-0.05, 0) is 160 Å². The first kappa shape index (κ1) is 28.1. The van der Waals surface area contributed by atoms with E-state index in [-0.39, 0.29) is 0 Å². The normalized spacial score (nSPS) is 48.6. The van der Waals surface area contributed by atoms with Gasteiger partial charge in [-0.3, -0.25) is 0 Å². The molecule has 0 amide bonds. The van der Waals surface area contributed by atoms with Crippen molar-refractivity contribution in [1.82, 2.24) is 0 Å². The Hall–Kier alpha value is 0. The van der Waals surface area contributed by atoms with Crippen molar-refractivity contribution in [2.75, 3.05) is 0 Å². The minimum absolute atomic E-state index is 0.752. The smallest absolute Gasteiger partial charge is 0.0238 e. The second kappa shape index (κ2) is 12.5. The van der Waals surface area contributed by atoms with Gasteiger partial charge in [0.05, 0.1) is 0 Å². The number of hydrogen-bond donors (Lipinski definition) is 0. The molecule has 0 aromatic heterocycles. The van der Waals surface area contributed by atoms with Gasteiger partial charge in [-0.15, -0.1) is 0 Å². The van der Waals surface area contributed by atoms with Gasteiger partial charge in [-0.2, -0.15) is 0 Å². The van der Waals surface area contributed by atoms with Gasteiger partial charge in [0.1, 0.15) is 0 Å². The van der Waals surface area contributed by atoms with Crippen LogP contribution in [0.25, 0.3) is 0 Å². The van der Waals surface area contributed by atoms with Crippen LogP contribution in [0.2, 0.25) is 0 Å². The molecule has 0 heterocycles. The molecule has 1 spiro atoms. The van der Waals surface area contributed by atoms with Gasteiger partial charge in [0.25, 0.3) is 0 Å². The van der Waals surface area contributed by atoms with Crippen LogP contribution in [-0.2, 0) is 0 Å². The van der Waals surface area contributed by atoms with E-state index in [1.165, 1.54) is 32.1 Å². The first-order valence-electron chi connectivity index (χ1n) is 18.7. The molecule has 0 aliphatic heterocycles. The highest BCUT2D eigenvalue weighted by Crippen LogP contribution is 2.65. The van der Waals surface area contributed by atoms with Crippen molar-refractivity contribution in [3.05, 3.63) is 0 Å². The van der Waals surface area contributed by atoms with Crippen molar-refractivity contribution in [2.45, 2.75) is 168 Å². The lowest BCUT2D eigenvalue weighted by Crippen LogP contribution is -2.38. The molecule has 6 fully saturated rings. The summed E-state index contributed by atoms with van der Waals surface area (Å²) in [7, 11) is 0. The maximum Gasteiger partial charge on any atom is -0.0238 e. The maximum atomic E-state index is 2.48. The van der Waals surface area contributed by atoms with Crippen LogP contribution in [0, 0.1) is 70.5 Å². The minimum Gasteiger partial charge on any atom is -0.0654 e. The molecule has 6 aliphatic rings. The molecule has 12 atom stereocenters. The zero-order valence-corrected chi connectivity index (χ0v) is 26.1. The molecule has 0 heteroatoms. The van der Waals surface area contributed by atoms with Crippen molar-refractivity contribution < 1.29 is 0 Å². The van der Waals surface area contributed by atoms with Gasteiger partial charge >= 0.3 is 0 Å². The minimum atomic E-state index is 0.752. The molecule has 0 nitrogen and oxygen atoms in total. The fraction of sp³-hybridized carbons (Fsp3) is 1.00. The lowest BCUT2D eigenvalue weighted by Gasteiger charge is -2.46. The van der Waals surface area contributed by atoms with E-state index in [0.717, 1.165) is 70.5 Å². The van der Waals surface area contributed by atoms with E-state index in [1.54, 1.807) is 116 Å². The van der Waals surface area contributed by atoms with E-state index < -0.39 is 0 Å². The van der Waals surface area contributed by atoms with Crippen LogP contribution in [0.3, 0.4) is 0 Å². The Kier molecular flexibility index (Phi) is 9.24. The average molecular weight is 523 g/mol. The van der Waals surface area contributed by atoms with Gasteiger partial charge in [0.15, 0.2) is 0 Å². The molecule has 218 valence electrons. The van der Waals surface area contributed by atoms with Crippen LogP contribution >= 0.6 is 0 Å². The Morgan fingerprint density at radius 3 is 1.95 bits per heavy atom. The van der Waals surface area contributed by atoms with Gasteiger partial charge in [-0.1, -0.05) is 78.6 Å². The van der Waals surface area contributed by atoms with Crippen molar-refractivity contribution in [1.29, 1.82) is 0 Å². The second-order valence-electron chi connectivity index (χ2n) is 16.4. The first-order valence-corrected chi connectivity index (χ1v) is 18.7. The number of hydrogen-bond acceptors (Lipinski definition) is 0. The Bertz CT molecular complexity index is 738. The Morgan fingerprint density at radius 2 is 1.18 bits per heavy atom. The quantitative estimate of drug-likeness (QED) is 0.297. The Labute approximate surface area is 238 Å². The van der Waals surface area contributed by atoms with E-state index in [4.69, 9.17) is 0 Å². The third kappa shape index (κ3) is 5.33. The van der Waals surface area contributed by atoms with E-state index in [2.05, 4.69) is 20.8 Å².